The predicted molar refractivity (Wildman–Crippen MR) is 78.6 cm³/mol. The Hall–Kier alpha value is -1.62. The van der Waals surface area contributed by atoms with Gasteiger partial charge in [0.25, 0.3) is 0 Å². The van der Waals surface area contributed by atoms with Crippen molar-refractivity contribution in [2.24, 2.45) is 0 Å². The second-order valence-electron chi connectivity index (χ2n) is 3.98. The Morgan fingerprint density at radius 3 is 2.61 bits per heavy atom. The third kappa shape index (κ3) is 5.14. The van der Waals surface area contributed by atoms with Gasteiger partial charge in [0.1, 0.15) is 6.04 Å². The maximum absolute atomic E-state index is 11.6. The van der Waals surface area contributed by atoms with Gasteiger partial charge >= 0.3 is 0 Å². The molecule has 0 aliphatic rings. The molecule has 0 aliphatic heterocycles. The van der Waals surface area contributed by atoms with Gasteiger partial charge in [-0.1, -0.05) is 25.1 Å². The van der Waals surface area contributed by atoms with Crippen LogP contribution in [0.1, 0.15) is 20.3 Å². The number of carbonyl (C=O) groups is 1. The molecule has 0 saturated carbocycles. The Balaban J connectivity index is 2.38. The number of thiocarbonyl (C=S) groups is 1. The van der Waals surface area contributed by atoms with Gasteiger partial charge in [-0.25, -0.2) is 0 Å². The molecule has 1 aromatic carbocycles. The molecule has 1 amide bonds. The summed E-state index contributed by atoms with van der Waals surface area (Å²) in [7, 11) is 0. The van der Waals surface area contributed by atoms with E-state index in [1.54, 1.807) is 6.92 Å². The van der Waals surface area contributed by atoms with E-state index in [9.17, 15) is 4.79 Å². The second kappa shape index (κ2) is 7.66. The molecule has 1 unspecified atom stereocenters. The summed E-state index contributed by atoms with van der Waals surface area (Å²) in [5, 5.41) is 9.23. The molecule has 0 aromatic heterocycles. The number of carbonyl (C=O) groups excluding carboxylic acids is 1. The quantitative estimate of drug-likeness (QED) is 0.712. The number of hydrogen-bond acceptors (Lipinski definition) is 2. The lowest BCUT2D eigenvalue weighted by molar-refractivity contribution is -0.122. The van der Waals surface area contributed by atoms with Crippen molar-refractivity contribution in [1.82, 2.24) is 10.6 Å². The normalized spacial score (nSPS) is 11.4. The highest BCUT2D eigenvalue weighted by Gasteiger charge is 2.12. The van der Waals surface area contributed by atoms with Crippen LogP contribution in [0.4, 0.5) is 5.69 Å². The van der Waals surface area contributed by atoms with Crippen LogP contribution in [0.25, 0.3) is 0 Å². The Labute approximate surface area is 113 Å². The zero-order valence-electron chi connectivity index (χ0n) is 10.7. The van der Waals surface area contributed by atoms with Crippen LogP contribution in [-0.2, 0) is 4.79 Å². The summed E-state index contributed by atoms with van der Waals surface area (Å²) < 4.78 is 0. The van der Waals surface area contributed by atoms with Crippen LogP contribution in [0.2, 0.25) is 0 Å². The van der Waals surface area contributed by atoms with Gasteiger partial charge in [-0.15, -0.1) is 0 Å². The van der Waals surface area contributed by atoms with Gasteiger partial charge in [-0.05, 0) is 37.7 Å². The fourth-order valence-electron chi connectivity index (χ4n) is 1.35. The van der Waals surface area contributed by atoms with Crippen LogP contribution in [-0.4, -0.2) is 23.6 Å². The third-order valence-corrected chi connectivity index (χ3v) is 2.54. The van der Waals surface area contributed by atoms with Crippen molar-refractivity contribution in [2.75, 3.05) is 11.9 Å². The monoisotopic (exact) mass is 265 g/mol. The average Bonchev–Trinajstić information content (AvgIpc) is 2.36. The summed E-state index contributed by atoms with van der Waals surface area (Å²) in [4.78, 5) is 11.6. The number of benzene rings is 1. The van der Waals surface area contributed by atoms with Crippen LogP contribution < -0.4 is 16.0 Å². The van der Waals surface area contributed by atoms with E-state index in [1.807, 2.05) is 37.3 Å². The Kier molecular flexibility index (Phi) is 6.14. The minimum Gasteiger partial charge on any atom is -0.354 e. The van der Waals surface area contributed by atoms with Gasteiger partial charge < -0.3 is 16.0 Å². The molecule has 98 valence electrons. The number of anilines is 1. The summed E-state index contributed by atoms with van der Waals surface area (Å²) in [6.07, 6.45) is 0.922. The SMILES string of the molecule is CCCNC(=O)C(C)NC(=S)Nc1ccccc1. The predicted octanol–water partition coefficient (Wildman–Crippen LogP) is 1.89. The lowest BCUT2D eigenvalue weighted by atomic mass is 10.3. The van der Waals surface area contributed by atoms with E-state index in [0.29, 0.717) is 11.7 Å². The van der Waals surface area contributed by atoms with Crippen LogP contribution in [0, 0.1) is 0 Å². The van der Waals surface area contributed by atoms with Crippen molar-refractivity contribution >= 4 is 28.9 Å². The standard InChI is InChI=1S/C13H19N3OS/c1-3-9-14-12(17)10(2)15-13(18)16-11-7-5-4-6-8-11/h4-8,10H,3,9H2,1-2H3,(H,14,17)(H2,15,16,18). The first-order valence-electron chi connectivity index (χ1n) is 6.03. The Bertz CT molecular complexity index is 394. The van der Waals surface area contributed by atoms with Crippen LogP contribution in [0.3, 0.4) is 0 Å². The lowest BCUT2D eigenvalue weighted by Gasteiger charge is -2.16. The van der Waals surface area contributed by atoms with Crippen molar-refractivity contribution in [2.45, 2.75) is 26.3 Å². The molecular weight excluding hydrogens is 246 g/mol. The molecular formula is C13H19N3OS. The minimum absolute atomic E-state index is 0.0472. The van der Waals surface area contributed by atoms with E-state index in [-0.39, 0.29) is 11.9 Å². The fourth-order valence-corrected chi connectivity index (χ4v) is 1.65. The van der Waals surface area contributed by atoms with E-state index in [4.69, 9.17) is 12.2 Å². The number of rotatable bonds is 5. The summed E-state index contributed by atoms with van der Waals surface area (Å²) in [6, 6.07) is 9.25. The summed E-state index contributed by atoms with van der Waals surface area (Å²) >= 11 is 5.14. The highest BCUT2D eigenvalue weighted by atomic mass is 32.1. The fraction of sp³-hybridized carbons (Fsp3) is 0.385. The zero-order valence-corrected chi connectivity index (χ0v) is 11.5. The largest absolute Gasteiger partial charge is 0.354 e. The van der Waals surface area contributed by atoms with Gasteiger partial charge in [-0.2, -0.15) is 0 Å². The van der Waals surface area contributed by atoms with Crippen LogP contribution in [0.5, 0.6) is 0 Å². The van der Waals surface area contributed by atoms with Gasteiger partial charge in [-0.3, -0.25) is 4.79 Å². The number of hydrogen-bond donors (Lipinski definition) is 3. The zero-order chi connectivity index (χ0) is 13.4. The van der Waals surface area contributed by atoms with Crippen molar-refractivity contribution in [3.8, 4) is 0 Å². The first-order chi connectivity index (χ1) is 8.63. The van der Waals surface area contributed by atoms with Gasteiger partial charge in [0.15, 0.2) is 5.11 Å². The average molecular weight is 265 g/mol. The number of nitrogens with one attached hydrogen (secondary N) is 3. The van der Waals surface area contributed by atoms with E-state index >= 15 is 0 Å². The smallest absolute Gasteiger partial charge is 0.242 e. The molecule has 0 radical (unpaired) electrons. The first kappa shape index (κ1) is 14.4. The van der Waals surface area contributed by atoms with Crippen molar-refractivity contribution < 1.29 is 4.79 Å². The molecule has 5 heteroatoms. The molecule has 0 fully saturated rings. The molecule has 0 aliphatic carbocycles. The maximum atomic E-state index is 11.6. The van der Waals surface area contributed by atoms with Gasteiger partial charge in [0.2, 0.25) is 5.91 Å². The summed E-state index contributed by atoms with van der Waals surface area (Å²) in [5.74, 6) is -0.0472. The number of para-hydroxylation sites is 1. The van der Waals surface area contributed by atoms with Crippen molar-refractivity contribution in [3.05, 3.63) is 30.3 Å². The maximum Gasteiger partial charge on any atom is 0.242 e. The molecule has 3 N–H and O–H groups in total. The minimum atomic E-state index is -0.347. The van der Waals surface area contributed by atoms with E-state index in [0.717, 1.165) is 12.1 Å². The lowest BCUT2D eigenvalue weighted by Crippen LogP contribution is -2.46. The number of amides is 1. The molecule has 1 atom stereocenters. The first-order valence-corrected chi connectivity index (χ1v) is 6.44. The molecule has 18 heavy (non-hydrogen) atoms. The highest BCUT2D eigenvalue weighted by Crippen LogP contribution is 2.04. The molecule has 0 saturated heterocycles. The molecule has 4 nitrogen and oxygen atoms in total. The van der Waals surface area contributed by atoms with E-state index in [2.05, 4.69) is 16.0 Å². The topological polar surface area (TPSA) is 53.2 Å². The molecule has 0 bridgehead atoms. The van der Waals surface area contributed by atoms with Crippen LogP contribution >= 0.6 is 12.2 Å². The van der Waals surface area contributed by atoms with Crippen LogP contribution in [0.15, 0.2) is 30.3 Å². The second-order valence-corrected chi connectivity index (χ2v) is 4.39. The summed E-state index contributed by atoms with van der Waals surface area (Å²) in [6.45, 7) is 4.48. The van der Waals surface area contributed by atoms with Gasteiger partial charge in [0.05, 0.1) is 0 Å². The highest BCUT2D eigenvalue weighted by molar-refractivity contribution is 7.80. The van der Waals surface area contributed by atoms with Gasteiger partial charge in [0, 0.05) is 12.2 Å². The molecule has 1 rings (SSSR count). The van der Waals surface area contributed by atoms with Crippen molar-refractivity contribution in [3.63, 3.8) is 0 Å². The Morgan fingerprint density at radius 2 is 2.00 bits per heavy atom. The van der Waals surface area contributed by atoms with E-state index in [1.165, 1.54) is 0 Å². The third-order valence-electron chi connectivity index (χ3n) is 2.32. The molecule has 0 spiro atoms. The molecule has 0 heterocycles. The van der Waals surface area contributed by atoms with Crippen molar-refractivity contribution in [1.29, 1.82) is 0 Å². The summed E-state index contributed by atoms with van der Waals surface area (Å²) in [5.41, 5.74) is 0.899. The Morgan fingerprint density at radius 1 is 1.33 bits per heavy atom. The van der Waals surface area contributed by atoms with E-state index < -0.39 is 0 Å². The molecule has 1 aromatic rings.